The number of likely N-dealkylation sites (tertiary alicyclic amines) is 2. The molecule has 2 aliphatic rings. The van der Waals surface area contributed by atoms with Crippen molar-refractivity contribution in [1.82, 2.24) is 24.6 Å². The maximum absolute atomic E-state index is 13.2. The van der Waals surface area contributed by atoms with E-state index in [4.69, 9.17) is 0 Å². The molecule has 2 aromatic rings. The Morgan fingerprint density at radius 3 is 2.96 bits per heavy atom. The first-order chi connectivity index (χ1) is 12.5. The lowest BCUT2D eigenvalue weighted by atomic mass is 10.1. The lowest BCUT2D eigenvalue weighted by molar-refractivity contribution is 0.0757. The molecule has 0 radical (unpaired) electrons. The molecule has 0 saturated carbocycles. The number of halogens is 2. The number of pyridine rings is 1. The number of carbonyl (C=O) groups excluding carboxylic acids is 1. The molecule has 6 nitrogen and oxygen atoms in total. The Hall–Kier alpha value is -2.35. The van der Waals surface area contributed by atoms with Crippen molar-refractivity contribution in [2.24, 2.45) is 13.0 Å². The molecule has 26 heavy (non-hydrogen) atoms. The van der Waals surface area contributed by atoms with E-state index in [9.17, 15) is 13.6 Å². The van der Waals surface area contributed by atoms with Crippen molar-refractivity contribution in [3.05, 3.63) is 47.5 Å². The minimum Gasteiger partial charge on any atom is -0.337 e. The molecule has 2 saturated heterocycles. The van der Waals surface area contributed by atoms with Crippen molar-refractivity contribution in [3.63, 3.8) is 0 Å². The zero-order chi connectivity index (χ0) is 18.3. The van der Waals surface area contributed by atoms with E-state index >= 15 is 0 Å². The molecule has 2 aromatic heterocycles. The van der Waals surface area contributed by atoms with Crippen LogP contribution in [-0.4, -0.2) is 56.1 Å². The molecule has 0 aromatic carbocycles. The highest BCUT2D eigenvalue weighted by Crippen LogP contribution is 2.34. The molecule has 4 heterocycles. The number of rotatable bonds is 4. The minimum atomic E-state index is -2.75. The minimum absolute atomic E-state index is 0.0151. The number of aryl methyl sites for hydroxylation is 1. The number of amides is 1. The summed E-state index contributed by atoms with van der Waals surface area (Å²) in [5.74, 6) is 0.0476. The number of alkyl halides is 2. The summed E-state index contributed by atoms with van der Waals surface area (Å²) in [7, 11) is 1.55. The molecule has 0 bridgehead atoms. The number of fused-ring (bicyclic) bond motifs is 1. The molecule has 4 rings (SSSR count). The van der Waals surface area contributed by atoms with E-state index in [1.165, 1.54) is 10.9 Å². The third-order valence-corrected chi connectivity index (χ3v) is 5.35. The normalized spacial score (nSPS) is 23.0. The summed E-state index contributed by atoms with van der Waals surface area (Å²) in [5, 5.41) is 3.75. The van der Waals surface area contributed by atoms with Gasteiger partial charge in [0.25, 0.3) is 12.3 Å². The standard InChI is InChI=1S/C18H21F2N5O/c1-23-10-14(16(22-23)17(19)20)18(26)25-9-13-4-6-24(15(13)11-25)8-12-3-2-5-21-7-12/h2-3,5,7,10,13,15,17H,4,6,8-9,11H2,1H3/t13-,15+/m0/s1. The fraction of sp³-hybridized carbons (Fsp3) is 0.500. The van der Waals surface area contributed by atoms with Crippen LogP contribution >= 0.6 is 0 Å². The average Bonchev–Trinajstić information content (AvgIpc) is 3.30. The van der Waals surface area contributed by atoms with Gasteiger partial charge in [-0.1, -0.05) is 6.07 Å². The molecule has 1 amide bonds. The number of hydrogen-bond donors (Lipinski definition) is 0. The van der Waals surface area contributed by atoms with Gasteiger partial charge in [0.2, 0.25) is 0 Å². The summed E-state index contributed by atoms with van der Waals surface area (Å²) in [5.41, 5.74) is 0.730. The highest BCUT2D eigenvalue weighted by atomic mass is 19.3. The van der Waals surface area contributed by atoms with Crippen LogP contribution in [0, 0.1) is 5.92 Å². The quantitative estimate of drug-likeness (QED) is 0.837. The van der Waals surface area contributed by atoms with E-state index in [2.05, 4.69) is 15.0 Å². The predicted molar refractivity (Wildman–Crippen MR) is 90.6 cm³/mol. The van der Waals surface area contributed by atoms with E-state index in [0.717, 1.165) is 25.1 Å². The molecule has 138 valence electrons. The second-order valence-corrected chi connectivity index (χ2v) is 7.06. The molecule has 8 heteroatoms. The molecule has 0 unspecified atom stereocenters. The van der Waals surface area contributed by atoms with Crippen molar-refractivity contribution in [2.75, 3.05) is 19.6 Å². The van der Waals surface area contributed by atoms with Gasteiger partial charge in [-0.3, -0.25) is 19.4 Å². The first-order valence-corrected chi connectivity index (χ1v) is 8.77. The van der Waals surface area contributed by atoms with Gasteiger partial charge < -0.3 is 4.90 Å². The second kappa shape index (κ2) is 6.75. The van der Waals surface area contributed by atoms with Gasteiger partial charge in [-0.15, -0.1) is 0 Å². The fourth-order valence-electron chi connectivity index (χ4n) is 4.14. The third kappa shape index (κ3) is 3.09. The van der Waals surface area contributed by atoms with Crippen molar-refractivity contribution < 1.29 is 13.6 Å². The summed E-state index contributed by atoms with van der Waals surface area (Å²) >= 11 is 0. The van der Waals surface area contributed by atoms with Gasteiger partial charge in [0, 0.05) is 51.3 Å². The van der Waals surface area contributed by atoms with Crippen molar-refractivity contribution in [3.8, 4) is 0 Å². The number of aromatic nitrogens is 3. The van der Waals surface area contributed by atoms with Crippen LogP contribution in [0.1, 0.15) is 34.5 Å². The lowest BCUT2D eigenvalue weighted by Crippen LogP contribution is -2.37. The van der Waals surface area contributed by atoms with Gasteiger partial charge in [-0.2, -0.15) is 5.10 Å². The molecule has 0 spiro atoms. The number of nitrogens with zero attached hydrogens (tertiary/aromatic N) is 5. The van der Waals surface area contributed by atoms with Gasteiger partial charge in [-0.25, -0.2) is 8.78 Å². The number of hydrogen-bond acceptors (Lipinski definition) is 4. The summed E-state index contributed by atoms with van der Waals surface area (Å²) in [6.07, 6.45) is 3.27. The average molecular weight is 361 g/mol. The predicted octanol–water partition coefficient (Wildman–Crippen LogP) is 2.10. The van der Waals surface area contributed by atoms with Crippen LogP contribution < -0.4 is 0 Å². The molecule has 2 fully saturated rings. The zero-order valence-electron chi connectivity index (χ0n) is 14.6. The molecule has 2 aliphatic heterocycles. The molecular weight excluding hydrogens is 340 g/mol. The van der Waals surface area contributed by atoms with E-state index in [-0.39, 0.29) is 17.5 Å². The third-order valence-electron chi connectivity index (χ3n) is 5.35. The summed E-state index contributed by atoms with van der Waals surface area (Å²) in [6.45, 7) is 2.97. The van der Waals surface area contributed by atoms with Crippen molar-refractivity contribution in [1.29, 1.82) is 0 Å². The maximum atomic E-state index is 13.2. The first kappa shape index (κ1) is 17.1. The topological polar surface area (TPSA) is 54.3 Å². The molecule has 0 N–H and O–H groups in total. The molecular formula is C18H21F2N5O. The maximum Gasteiger partial charge on any atom is 0.282 e. The Morgan fingerprint density at radius 1 is 1.38 bits per heavy atom. The summed E-state index contributed by atoms with van der Waals surface area (Å²) in [4.78, 5) is 21.0. The van der Waals surface area contributed by atoms with Crippen LogP contribution in [-0.2, 0) is 13.6 Å². The van der Waals surface area contributed by atoms with Gasteiger partial charge in [0.05, 0.1) is 5.56 Å². The van der Waals surface area contributed by atoms with Crippen LogP contribution in [0.5, 0.6) is 0 Å². The Balaban J connectivity index is 1.47. The monoisotopic (exact) mass is 361 g/mol. The Labute approximate surface area is 150 Å². The SMILES string of the molecule is Cn1cc(C(=O)N2C[C@@H]3CCN(Cc4cccnc4)[C@@H]3C2)c(C(F)F)n1. The van der Waals surface area contributed by atoms with Crippen molar-refractivity contribution in [2.45, 2.75) is 25.4 Å². The first-order valence-electron chi connectivity index (χ1n) is 8.77. The zero-order valence-corrected chi connectivity index (χ0v) is 14.6. The van der Waals surface area contributed by atoms with E-state index < -0.39 is 12.1 Å². The Morgan fingerprint density at radius 2 is 2.23 bits per heavy atom. The van der Waals surface area contributed by atoms with Gasteiger partial charge in [0.15, 0.2) is 0 Å². The molecule has 0 aliphatic carbocycles. The van der Waals surface area contributed by atoms with Crippen LogP contribution in [0.2, 0.25) is 0 Å². The summed E-state index contributed by atoms with van der Waals surface area (Å²) in [6, 6.07) is 4.23. The van der Waals surface area contributed by atoms with E-state index in [0.29, 0.717) is 19.0 Å². The summed E-state index contributed by atoms with van der Waals surface area (Å²) < 4.78 is 27.6. The second-order valence-electron chi connectivity index (χ2n) is 7.06. The smallest absolute Gasteiger partial charge is 0.282 e. The highest BCUT2D eigenvalue weighted by molar-refractivity contribution is 5.95. The van der Waals surface area contributed by atoms with Crippen LogP contribution in [0.3, 0.4) is 0 Å². The van der Waals surface area contributed by atoms with Gasteiger partial charge in [-0.05, 0) is 30.5 Å². The van der Waals surface area contributed by atoms with Crippen LogP contribution in [0.15, 0.2) is 30.7 Å². The van der Waals surface area contributed by atoms with Gasteiger partial charge in [0.1, 0.15) is 5.69 Å². The fourth-order valence-corrected chi connectivity index (χ4v) is 4.14. The van der Waals surface area contributed by atoms with Crippen LogP contribution in [0.25, 0.3) is 0 Å². The van der Waals surface area contributed by atoms with Gasteiger partial charge >= 0.3 is 0 Å². The largest absolute Gasteiger partial charge is 0.337 e. The van der Waals surface area contributed by atoms with E-state index in [1.807, 2.05) is 18.3 Å². The Kier molecular flexibility index (Phi) is 4.44. The molecule has 2 atom stereocenters. The van der Waals surface area contributed by atoms with Crippen LogP contribution in [0.4, 0.5) is 8.78 Å². The highest BCUT2D eigenvalue weighted by Gasteiger charge is 2.43. The lowest BCUT2D eigenvalue weighted by Gasteiger charge is -2.24. The number of carbonyl (C=O) groups is 1. The van der Waals surface area contributed by atoms with E-state index in [1.54, 1.807) is 18.1 Å². The van der Waals surface area contributed by atoms with Crippen molar-refractivity contribution >= 4 is 5.91 Å². The Bertz CT molecular complexity index is 794.